The summed E-state index contributed by atoms with van der Waals surface area (Å²) in [6.07, 6.45) is -3.38. The Morgan fingerprint density at radius 1 is 1.35 bits per heavy atom. The first-order valence-electron chi connectivity index (χ1n) is 7.09. The number of alkyl halides is 3. The molecule has 2 N–H and O–H groups in total. The van der Waals surface area contributed by atoms with E-state index in [0.717, 1.165) is 12.0 Å². The smallest absolute Gasteiger partial charge is 0.422 e. The molecule has 8 heteroatoms. The molecule has 0 bridgehead atoms. The topological polar surface area (TPSA) is 45.7 Å². The first kappa shape index (κ1) is 21.8. The van der Waals surface area contributed by atoms with E-state index in [4.69, 9.17) is 4.74 Å². The molecule has 0 aliphatic heterocycles. The first-order chi connectivity index (χ1) is 10.3. The Bertz CT molecular complexity index is 495. The summed E-state index contributed by atoms with van der Waals surface area (Å²) in [5, 5.41) is 6.32. The number of nitrogens with one attached hydrogen (secondary N) is 2. The van der Waals surface area contributed by atoms with Crippen molar-refractivity contribution in [2.45, 2.75) is 39.0 Å². The van der Waals surface area contributed by atoms with Crippen molar-refractivity contribution in [3.05, 3.63) is 29.8 Å². The second-order valence-electron chi connectivity index (χ2n) is 4.93. The molecule has 0 aromatic heterocycles. The minimum atomic E-state index is -4.34. The van der Waals surface area contributed by atoms with Gasteiger partial charge >= 0.3 is 6.18 Å². The maximum Gasteiger partial charge on any atom is 0.422 e. The summed E-state index contributed by atoms with van der Waals surface area (Å²) in [6.45, 7) is 3.26. The molecule has 0 heterocycles. The molecule has 23 heavy (non-hydrogen) atoms. The van der Waals surface area contributed by atoms with Crippen molar-refractivity contribution >= 4 is 29.9 Å². The van der Waals surface area contributed by atoms with Crippen LogP contribution < -0.4 is 15.4 Å². The van der Waals surface area contributed by atoms with Crippen LogP contribution in [0.2, 0.25) is 0 Å². The number of hydrogen-bond donors (Lipinski definition) is 2. The summed E-state index contributed by atoms with van der Waals surface area (Å²) in [4.78, 5) is 4.10. The van der Waals surface area contributed by atoms with E-state index >= 15 is 0 Å². The minimum absolute atomic E-state index is 0. The molecule has 1 aromatic rings. The van der Waals surface area contributed by atoms with Crippen LogP contribution in [0.1, 0.15) is 25.8 Å². The van der Waals surface area contributed by atoms with Crippen molar-refractivity contribution in [2.75, 3.05) is 13.7 Å². The largest absolute Gasteiger partial charge is 0.484 e. The molecule has 1 unspecified atom stereocenters. The van der Waals surface area contributed by atoms with Gasteiger partial charge in [0, 0.05) is 19.6 Å². The molecule has 0 radical (unpaired) electrons. The van der Waals surface area contributed by atoms with E-state index < -0.39 is 12.8 Å². The molecule has 0 aliphatic rings. The maximum atomic E-state index is 12.1. The SMILES string of the molecule is CCC(C)NC(=NC)NCc1cccc(OCC(F)(F)F)c1.I. The van der Waals surface area contributed by atoms with Crippen LogP contribution in [-0.4, -0.2) is 31.8 Å². The standard InChI is InChI=1S/C15H22F3N3O.HI/c1-4-11(2)21-14(19-3)20-9-12-6-5-7-13(8-12)22-10-15(16,17)18;/h5-8,11H,4,9-10H2,1-3H3,(H2,19,20,21);1H. The molecule has 0 amide bonds. The van der Waals surface area contributed by atoms with Gasteiger partial charge in [-0.05, 0) is 31.0 Å². The fraction of sp³-hybridized carbons (Fsp3) is 0.533. The van der Waals surface area contributed by atoms with E-state index in [-0.39, 0.29) is 35.8 Å². The van der Waals surface area contributed by atoms with Crippen LogP contribution in [0, 0.1) is 0 Å². The van der Waals surface area contributed by atoms with Crippen molar-refractivity contribution < 1.29 is 17.9 Å². The number of aliphatic imine (C=N–C) groups is 1. The van der Waals surface area contributed by atoms with E-state index in [0.29, 0.717) is 12.5 Å². The molecule has 1 aromatic carbocycles. The fourth-order valence-electron chi connectivity index (χ4n) is 1.63. The Hall–Kier alpha value is -1.19. The van der Waals surface area contributed by atoms with Crippen LogP contribution in [0.3, 0.4) is 0 Å². The van der Waals surface area contributed by atoms with Crippen LogP contribution in [-0.2, 0) is 6.54 Å². The van der Waals surface area contributed by atoms with Gasteiger partial charge in [-0.15, -0.1) is 24.0 Å². The molecule has 0 saturated heterocycles. The van der Waals surface area contributed by atoms with Crippen LogP contribution >= 0.6 is 24.0 Å². The van der Waals surface area contributed by atoms with Gasteiger partial charge < -0.3 is 15.4 Å². The van der Waals surface area contributed by atoms with Crippen molar-refractivity contribution in [1.29, 1.82) is 0 Å². The van der Waals surface area contributed by atoms with E-state index in [1.165, 1.54) is 6.07 Å². The summed E-state index contributed by atoms with van der Waals surface area (Å²) in [6, 6.07) is 6.83. The number of nitrogens with zero attached hydrogens (tertiary/aromatic N) is 1. The third-order valence-electron chi connectivity index (χ3n) is 2.98. The summed E-state index contributed by atoms with van der Waals surface area (Å²) in [7, 11) is 1.67. The Morgan fingerprint density at radius 3 is 2.61 bits per heavy atom. The second-order valence-corrected chi connectivity index (χ2v) is 4.93. The average molecular weight is 445 g/mol. The highest BCUT2D eigenvalue weighted by atomic mass is 127. The molecule has 0 spiro atoms. The van der Waals surface area contributed by atoms with Gasteiger partial charge in [-0.1, -0.05) is 19.1 Å². The molecular formula is C15H23F3IN3O. The maximum absolute atomic E-state index is 12.1. The molecule has 0 fully saturated rings. The Morgan fingerprint density at radius 2 is 2.04 bits per heavy atom. The van der Waals surface area contributed by atoms with E-state index in [1.54, 1.807) is 19.2 Å². The van der Waals surface area contributed by atoms with Gasteiger partial charge in [-0.25, -0.2) is 0 Å². The minimum Gasteiger partial charge on any atom is -0.484 e. The van der Waals surface area contributed by atoms with Crippen molar-refractivity contribution in [1.82, 2.24) is 10.6 Å². The Kier molecular flexibility index (Phi) is 10.0. The van der Waals surface area contributed by atoms with E-state index in [1.807, 2.05) is 13.0 Å². The van der Waals surface area contributed by atoms with Gasteiger partial charge in [0.1, 0.15) is 5.75 Å². The lowest BCUT2D eigenvalue weighted by Gasteiger charge is -2.16. The number of rotatable bonds is 6. The number of hydrogen-bond acceptors (Lipinski definition) is 2. The first-order valence-corrected chi connectivity index (χ1v) is 7.09. The van der Waals surface area contributed by atoms with Crippen LogP contribution in [0.25, 0.3) is 0 Å². The summed E-state index contributed by atoms with van der Waals surface area (Å²) >= 11 is 0. The zero-order valence-electron chi connectivity index (χ0n) is 13.4. The zero-order valence-corrected chi connectivity index (χ0v) is 15.7. The van der Waals surface area contributed by atoms with Gasteiger partial charge in [0.25, 0.3) is 0 Å². The lowest BCUT2D eigenvalue weighted by Crippen LogP contribution is -2.41. The van der Waals surface area contributed by atoms with Crippen LogP contribution in [0.15, 0.2) is 29.3 Å². The van der Waals surface area contributed by atoms with Gasteiger partial charge in [0.05, 0.1) is 0 Å². The highest BCUT2D eigenvalue weighted by molar-refractivity contribution is 14.0. The van der Waals surface area contributed by atoms with Gasteiger partial charge in [0.2, 0.25) is 0 Å². The highest BCUT2D eigenvalue weighted by Crippen LogP contribution is 2.19. The third-order valence-corrected chi connectivity index (χ3v) is 2.98. The van der Waals surface area contributed by atoms with Crippen LogP contribution in [0.5, 0.6) is 5.75 Å². The summed E-state index contributed by atoms with van der Waals surface area (Å²) < 4.78 is 41.1. The van der Waals surface area contributed by atoms with Crippen LogP contribution in [0.4, 0.5) is 13.2 Å². The normalized spacial score (nSPS) is 13.0. The molecular weight excluding hydrogens is 422 g/mol. The predicted molar refractivity (Wildman–Crippen MR) is 96.5 cm³/mol. The Labute approximate surface area is 151 Å². The van der Waals surface area contributed by atoms with Gasteiger partial charge in [-0.3, -0.25) is 4.99 Å². The van der Waals surface area contributed by atoms with Crippen molar-refractivity contribution in [2.24, 2.45) is 4.99 Å². The number of benzene rings is 1. The number of halogens is 4. The van der Waals surface area contributed by atoms with E-state index in [2.05, 4.69) is 22.5 Å². The lowest BCUT2D eigenvalue weighted by atomic mass is 10.2. The highest BCUT2D eigenvalue weighted by Gasteiger charge is 2.28. The summed E-state index contributed by atoms with van der Waals surface area (Å²) in [5.74, 6) is 0.845. The van der Waals surface area contributed by atoms with Crippen molar-refractivity contribution in [3.63, 3.8) is 0 Å². The quantitative estimate of drug-likeness (QED) is 0.399. The Balaban J connectivity index is 0.00000484. The monoisotopic (exact) mass is 445 g/mol. The van der Waals surface area contributed by atoms with Crippen molar-refractivity contribution in [3.8, 4) is 5.75 Å². The summed E-state index contributed by atoms with van der Waals surface area (Å²) in [5.41, 5.74) is 0.812. The van der Waals surface area contributed by atoms with E-state index in [9.17, 15) is 13.2 Å². The molecule has 0 aliphatic carbocycles. The second kappa shape index (κ2) is 10.6. The molecule has 0 saturated carbocycles. The molecule has 1 rings (SSSR count). The lowest BCUT2D eigenvalue weighted by molar-refractivity contribution is -0.153. The molecule has 4 nitrogen and oxygen atoms in total. The molecule has 1 atom stereocenters. The van der Waals surface area contributed by atoms with Gasteiger partial charge in [0.15, 0.2) is 12.6 Å². The fourth-order valence-corrected chi connectivity index (χ4v) is 1.63. The average Bonchev–Trinajstić information content (AvgIpc) is 2.48. The molecule has 132 valence electrons. The zero-order chi connectivity index (χ0) is 16.6. The van der Waals surface area contributed by atoms with Gasteiger partial charge in [-0.2, -0.15) is 13.2 Å². The number of guanidine groups is 1. The third kappa shape index (κ3) is 9.52. The number of ether oxygens (including phenoxy) is 1. The predicted octanol–water partition coefficient (Wildman–Crippen LogP) is 3.71.